The molecule has 84 valence electrons. The fraction of sp³-hybridized carbons (Fsp3) is 0.455. The van der Waals surface area contributed by atoms with Gasteiger partial charge in [-0.3, -0.25) is 0 Å². The molecule has 4 N–H and O–H groups in total. The summed E-state index contributed by atoms with van der Waals surface area (Å²) in [6.07, 6.45) is 0.527. The molecule has 0 heterocycles. The Hall–Kier alpha value is -0.580. The first-order valence-electron chi connectivity index (χ1n) is 4.84. The molecule has 0 aromatic heterocycles. The standard InChI is InChI=1S/C11H16BrNO2/c1-6-5-9(15)11(12)7(2)10(6)8(13)3-4-14/h5,8,14-15H,3-4,13H2,1-2H3. The summed E-state index contributed by atoms with van der Waals surface area (Å²) in [5, 5.41) is 18.4. The molecule has 1 atom stereocenters. The number of phenolic OH excluding ortho intramolecular Hbond substituents is 1. The van der Waals surface area contributed by atoms with E-state index in [2.05, 4.69) is 15.9 Å². The van der Waals surface area contributed by atoms with Crippen LogP contribution in [0.25, 0.3) is 0 Å². The molecule has 0 fully saturated rings. The van der Waals surface area contributed by atoms with Crippen molar-refractivity contribution in [1.82, 2.24) is 0 Å². The Labute approximate surface area is 98.1 Å². The molecule has 0 radical (unpaired) electrons. The van der Waals surface area contributed by atoms with Crippen molar-refractivity contribution >= 4 is 15.9 Å². The molecule has 0 amide bonds. The highest BCUT2D eigenvalue weighted by Gasteiger charge is 2.15. The minimum atomic E-state index is -0.188. The highest BCUT2D eigenvalue weighted by atomic mass is 79.9. The van der Waals surface area contributed by atoms with Gasteiger partial charge < -0.3 is 15.9 Å². The van der Waals surface area contributed by atoms with Crippen molar-refractivity contribution in [2.45, 2.75) is 26.3 Å². The van der Waals surface area contributed by atoms with E-state index in [-0.39, 0.29) is 18.4 Å². The smallest absolute Gasteiger partial charge is 0.130 e. The van der Waals surface area contributed by atoms with Gasteiger partial charge in [0.1, 0.15) is 5.75 Å². The lowest BCUT2D eigenvalue weighted by molar-refractivity contribution is 0.276. The lowest BCUT2D eigenvalue weighted by Gasteiger charge is -2.18. The Morgan fingerprint density at radius 2 is 2.07 bits per heavy atom. The van der Waals surface area contributed by atoms with Gasteiger partial charge in [-0.2, -0.15) is 0 Å². The van der Waals surface area contributed by atoms with Gasteiger partial charge in [-0.05, 0) is 59.0 Å². The summed E-state index contributed by atoms with van der Waals surface area (Å²) < 4.78 is 0.677. The quantitative estimate of drug-likeness (QED) is 0.791. The van der Waals surface area contributed by atoms with Crippen LogP contribution in [0.3, 0.4) is 0 Å². The topological polar surface area (TPSA) is 66.5 Å². The molecule has 0 aliphatic heterocycles. The highest BCUT2D eigenvalue weighted by Crippen LogP contribution is 2.35. The zero-order chi connectivity index (χ0) is 11.6. The van der Waals surface area contributed by atoms with E-state index in [0.717, 1.165) is 16.7 Å². The molecule has 1 aromatic rings. The van der Waals surface area contributed by atoms with Gasteiger partial charge in [-0.25, -0.2) is 0 Å². The summed E-state index contributed by atoms with van der Waals surface area (Å²) >= 11 is 3.32. The van der Waals surface area contributed by atoms with Gasteiger partial charge in [0.2, 0.25) is 0 Å². The predicted octanol–water partition coefficient (Wildman–Crippen LogP) is 2.15. The van der Waals surface area contributed by atoms with Crippen molar-refractivity contribution in [3.05, 3.63) is 27.2 Å². The Morgan fingerprint density at radius 3 is 2.60 bits per heavy atom. The van der Waals surface area contributed by atoms with E-state index in [1.807, 2.05) is 13.8 Å². The first kappa shape index (κ1) is 12.5. The van der Waals surface area contributed by atoms with Crippen LogP contribution in [0.1, 0.15) is 29.2 Å². The number of aliphatic hydroxyl groups is 1. The van der Waals surface area contributed by atoms with E-state index in [1.54, 1.807) is 6.07 Å². The SMILES string of the molecule is Cc1cc(O)c(Br)c(C)c1C(N)CCO. The summed E-state index contributed by atoms with van der Waals surface area (Å²) in [5.41, 5.74) is 8.85. The van der Waals surface area contributed by atoms with Crippen LogP contribution in [0, 0.1) is 13.8 Å². The number of benzene rings is 1. The van der Waals surface area contributed by atoms with Crippen LogP contribution >= 0.6 is 15.9 Å². The number of aliphatic hydroxyl groups excluding tert-OH is 1. The summed E-state index contributed by atoms with van der Waals surface area (Å²) in [7, 11) is 0. The normalized spacial score (nSPS) is 12.9. The first-order valence-corrected chi connectivity index (χ1v) is 5.63. The van der Waals surface area contributed by atoms with Crippen molar-refractivity contribution in [1.29, 1.82) is 0 Å². The van der Waals surface area contributed by atoms with Crippen LogP contribution in [0.5, 0.6) is 5.75 Å². The van der Waals surface area contributed by atoms with Crippen LogP contribution in [0.15, 0.2) is 10.5 Å². The second-order valence-corrected chi connectivity index (χ2v) is 4.48. The fourth-order valence-corrected chi connectivity index (χ4v) is 2.13. The number of phenols is 1. The molecular formula is C11H16BrNO2. The molecule has 0 saturated carbocycles. The molecular weight excluding hydrogens is 258 g/mol. The van der Waals surface area contributed by atoms with Crippen molar-refractivity contribution < 1.29 is 10.2 Å². The molecule has 1 unspecified atom stereocenters. The van der Waals surface area contributed by atoms with E-state index in [1.165, 1.54) is 0 Å². The summed E-state index contributed by atoms with van der Waals surface area (Å²) in [6.45, 7) is 3.88. The number of aryl methyl sites for hydroxylation is 1. The average Bonchev–Trinajstić information content (AvgIpc) is 2.15. The number of hydrogen-bond donors (Lipinski definition) is 3. The molecule has 1 aromatic carbocycles. The van der Waals surface area contributed by atoms with Gasteiger partial charge in [0.05, 0.1) is 4.47 Å². The molecule has 0 saturated heterocycles. The van der Waals surface area contributed by atoms with E-state index in [4.69, 9.17) is 10.8 Å². The maximum atomic E-state index is 9.58. The lowest BCUT2D eigenvalue weighted by atomic mass is 9.94. The fourth-order valence-electron chi connectivity index (χ4n) is 1.81. The maximum Gasteiger partial charge on any atom is 0.130 e. The van der Waals surface area contributed by atoms with Gasteiger partial charge >= 0.3 is 0 Å². The Balaban J connectivity index is 3.23. The molecule has 4 heteroatoms. The van der Waals surface area contributed by atoms with E-state index in [0.29, 0.717) is 10.9 Å². The van der Waals surface area contributed by atoms with Crippen molar-refractivity contribution in [3.8, 4) is 5.75 Å². The molecule has 0 spiro atoms. The second-order valence-electron chi connectivity index (χ2n) is 3.68. The monoisotopic (exact) mass is 273 g/mol. The Kier molecular flexibility index (Phi) is 4.13. The number of nitrogens with two attached hydrogens (primary N) is 1. The van der Waals surface area contributed by atoms with Crippen LogP contribution in [0.2, 0.25) is 0 Å². The van der Waals surface area contributed by atoms with Crippen LogP contribution < -0.4 is 5.73 Å². The Bertz CT molecular complexity index is 366. The summed E-state index contributed by atoms with van der Waals surface area (Å²) in [6, 6.07) is 1.50. The van der Waals surface area contributed by atoms with Crippen molar-refractivity contribution in [3.63, 3.8) is 0 Å². The second kappa shape index (κ2) is 4.96. The van der Waals surface area contributed by atoms with Gasteiger partial charge in [0.15, 0.2) is 0 Å². The minimum absolute atomic E-state index is 0.0680. The molecule has 0 aliphatic carbocycles. The molecule has 1 rings (SSSR count). The number of hydrogen-bond acceptors (Lipinski definition) is 3. The van der Waals surface area contributed by atoms with E-state index in [9.17, 15) is 5.11 Å². The number of halogens is 1. The van der Waals surface area contributed by atoms with Gasteiger partial charge in [0.25, 0.3) is 0 Å². The number of rotatable bonds is 3. The zero-order valence-electron chi connectivity index (χ0n) is 8.92. The van der Waals surface area contributed by atoms with Crippen LogP contribution in [-0.2, 0) is 0 Å². The molecule has 15 heavy (non-hydrogen) atoms. The Morgan fingerprint density at radius 1 is 1.47 bits per heavy atom. The summed E-state index contributed by atoms with van der Waals surface area (Å²) in [5.74, 6) is 0.227. The average molecular weight is 274 g/mol. The predicted molar refractivity (Wildman–Crippen MR) is 63.9 cm³/mol. The van der Waals surface area contributed by atoms with Crippen LogP contribution in [0.4, 0.5) is 0 Å². The number of aromatic hydroxyl groups is 1. The van der Waals surface area contributed by atoms with Gasteiger partial charge in [0, 0.05) is 12.6 Å². The van der Waals surface area contributed by atoms with Crippen LogP contribution in [-0.4, -0.2) is 16.8 Å². The maximum absolute atomic E-state index is 9.58. The van der Waals surface area contributed by atoms with Gasteiger partial charge in [-0.1, -0.05) is 0 Å². The lowest BCUT2D eigenvalue weighted by Crippen LogP contribution is -2.15. The third-order valence-corrected chi connectivity index (χ3v) is 3.55. The third kappa shape index (κ3) is 2.51. The largest absolute Gasteiger partial charge is 0.507 e. The summed E-state index contributed by atoms with van der Waals surface area (Å²) in [4.78, 5) is 0. The van der Waals surface area contributed by atoms with E-state index < -0.39 is 0 Å². The molecule has 3 nitrogen and oxygen atoms in total. The third-order valence-electron chi connectivity index (χ3n) is 2.55. The van der Waals surface area contributed by atoms with Crippen molar-refractivity contribution in [2.24, 2.45) is 5.73 Å². The highest BCUT2D eigenvalue weighted by molar-refractivity contribution is 9.10. The van der Waals surface area contributed by atoms with Gasteiger partial charge in [-0.15, -0.1) is 0 Å². The van der Waals surface area contributed by atoms with Crippen molar-refractivity contribution in [2.75, 3.05) is 6.61 Å². The van der Waals surface area contributed by atoms with E-state index >= 15 is 0 Å². The minimum Gasteiger partial charge on any atom is -0.507 e. The first-order chi connectivity index (χ1) is 6.99. The zero-order valence-corrected chi connectivity index (χ0v) is 10.5. The molecule has 0 bridgehead atoms. The molecule has 0 aliphatic rings.